The second-order valence-corrected chi connectivity index (χ2v) is 10.2. The lowest BCUT2D eigenvalue weighted by Gasteiger charge is -2.41. The molecule has 11 heteroatoms. The van der Waals surface area contributed by atoms with Gasteiger partial charge in [-0.15, -0.1) is 0 Å². The van der Waals surface area contributed by atoms with Crippen LogP contribution in [0, 0.1) is 11.8 Å². The van der Waals surface area contributed by atoms with Gasteiger partial charge in [0, 0.05) is 20.3 Å². The summed E-state index contributed by atoms with van der Waals surface area (Å²) in [4.78, 5) is 49.7. The van der Waals surface area contributed by atoms with Crippen LogP contribution in [0.15, 0.2) is 11.1 Å². The molecule has 0 aromatic heterocycles. The molecule has 0 aromatic rings. The van der Waals surface area contributed by atoms with Gasteiger partial charge in [0.1, 0.15) is 23.9 Å². The van der Waals surface area contributed by atoms with Gasteiger partial charge in [-0.1, -0.05) is 13.8 Å². The molecule has 9 atom stereocenters. The van der Waals surface area contributed by atoms with Crippen molar-refractivity contribution in [2.45, 2.75) is 103 Å². The van der Waals surface area contributed by atoms with Gasteiger partial charge in [-0.3, -0.25) is 14.4 Å². The maximum Gasteiger partial charge on any atom is 0.341 e. The monoisotopic (exact) mass is 498 g/mol. The predicted octanol–water partition coefficient (Wildman–Crippen LogP) is 0.316. The first kappa shape index (κ1) is 27.1. The van der Waals surface area contributed by atoms with Gasteiger partial charge < -0.3 is 34.3 Å². The topological polar surface area (TPSA) is 166 Å². The number of hydrogen-bond acceptors (Lipinski definition) is 11. The number of carbonyl (C=O) groups excluding carboxylic acids is 4. The van der Waals surface area contributed by atoms with E-state index in [9.17, 15) is 34.5 Å². The summed E-state index contributed by atoms with van der Waals surface area (Å²) in [7, 11) is 0. The first-order valence-electron chi connectivity index (χ1n) is 11.6. The Morgan fingerprint density at radius 1 is 1.14 bits per heavy atom. The number of fused-ring (bicyclic) bond motifs is 3. The second kappa shape index (κ2) is 8.86. The Balaban J connectivity index is 2.29. The van der Waals surface area contributed by atoms with Gasteiger partial charge >= 0.3 is 23.9 Å². The Hall–Kier alpha value is -2.50. The van der Waals surface area contributed by atoms with Crippen LogP contribution in [0.5, 0.6) is 0 Å². The molecule has 3 rings (SSSR count). The number of rotatable bonds is 5. The molecule has 0 spiro atoms. The molecule has 3 aliphatic rings. The number of aliphatic hydroxyl groups excluding tert-OH is 1. The lowest BCUT2D eigenvalue weighted by Crippen LogP contribution is -2.64. The fourth-order valence-electron chi connectivity index (χ4n) is 5.54. The highest BCUT2D eigenvalue weighted by atomic mass is 16.6. The van der Waals surface area contributed by atoms with Crippen molar-refractivity contribution >= 4 is 23.9 Å². The van der Waals surface area contributed by atoms with Crippen LogP contribution in [0.2, 0.25) is 0 Å². The van der Waals surface area contributed by atoms with E-state index in [1.165, 1.54) is 13.8 Å². The number of aliphatic hydroxyl groups is 3. The Morgan fingerprint density at radius 3 is 2.26 bits per heavy atom. The third-order valence-corrected chi connectivity index (χ3v) is 7.65. The highest BCUT2D eigenvalue weighted by molar-refractivity contribution is 5.85. The summed E-state index contributed by atoms with van der Waals surface area (Å²) in [6, 6.07) is 0. The summed E-state index contributed by atoms with van der Waals surface area (Å²) in [6.45, 7) is 9.73. The zero-order valence-corrected chi connectivity index (χ0v) is 21.0. The largest absolute Gasteiger partial charge is 0.459 e. The normalized spacial score (nSPS) is 41.3. The molecule has 2 fully saturated rings. The van der Waals surface area contributed by atoms with Crippen molar-refractivity contribution in [1.82, 2.24) is 0 Å². The van der Waals surface area contributed by atoms with Crippen LogP contribution in [0.25, 0.3) is 0 Å². The molecular weight excluding hydrogens is 464 g/mol. The molecule has 11 nitrogen and oxygen atoms in total. The summed E-state index contributed by atoms with van der Waals surface area (Å²) < 4.78 is 22.2. The fourth-order valence-corrected chi connectivity index (χ4v) is 5.54. The Labute approximate surface area is 203 Å². The van der Waals surface area contributed by atoms with E-state index in [0.29, 0.717) is 6.42 Å². The summed E-state index contributed by atoms with van der Waals surface area (Å²) in [6.07, 6.45) is -5.75. The molecule has 0 bridgehead atoms. The first-order valence-corrected chi connectivity index (χ1v) is 11.6. The molecule has 2 unspecified atom stereocenters. The molecule has 0 amide bonds. The SMILES string of the molecule is CC[C@H](C)C(=O)O[C@H]1C[C@](C)(OC(C)=O)C2C(=C(C)C(O)[C@H]2OC(C)=O)[C@@H]2OC(=O)[C@@](C)(O)[C@@]12O. The van der Waals surface area contributed by atoms with Crippen molar-refractivity contribution in [2.75, 3.05) is 0 Å². The minimum absolute atomic E-state index is 0.128. The maximum atomic E-state index is 12.8. The van der Waals surface area contributed by atoms with Crippen molar-refractivity contribution in [1.29, 1.82) is 0 Å². The predicted molar refractivity (Wildman–Crippen MR) is 117 cm³/mol. The van der Waals surface area contributed by atoms with E-state index in [1.807, 2.05) is 0 Å². The van der Waals surface area contributed by atoms with Crippen molar-refractivity contribution in [3.05, 3.63) is 11.1 Å². The summed E-state index contributed by atoms with van der Waals surface area (Å²) in [5, 5.41) is 34.1. The average molecular weight is 499 g/mol. The van der Waals surface area contributed by atoms with Gasteiger partial charge in [0.15, 0.2) is 17.3 Å². The highest BCUT2D eigenvalue weighted by Gasteiger charge is 2.75. The molecule has 196 valence electrons. The van der Waals surface area contributed by atoms with E-state index >= 15 is 0 Å². The van der Waals surface area contributed by atoms with E-state index < -0.39 is 76.9 Å². The van der Waals surface area contributed by atoms with E-state index in [-0.39, 0.29) is 17.6 Å². The quantitative estimate of drug-likeness (QED) is 0.271. The fraction of sp³-hybridized carbons (Fsp3) is 0.750. The van der Waals surface area contributed by atoms with Gasteiger partial charge in [0.2, 0.25) is 0 Å². The van der Waals surface area contributed by atoms with Crippen molar-refractivity contribution in [2.24, 2.45) is 11.8 Å². The highest BCUT2D eigenvalue weighted by Crippen LogP contribution is 2.57. The molecule has 2 aliphatic carbocycles. The first-order chi connectivity index (χ1) is 16.0. The van der Waals surface area contributed by atoms with E-state index in [2.05, 4.69) is 0 Å². The number of esters is 4. The minimum Gasteiger partial charge on any atom is -0.459 e. The lowest BCUT2D eigenvalue weighted by atomic mass is 9.75. The zero-order chi connectivity index (χ0) is 26.7. The molecular formula is C24H34O11. The molecule has 1 saturated carbocycles. The molecule has 1 saturated heterocycles. The molecule has 3 N–H and O–H groups in total. The van der Waals surface area contributed by atoms with Crippen molar-refractivity contribution < 1.29 is 53.4 Å². The smallest absolute Gasteiger partial charge is 0.341 e. The zero-order valence-electron chi connectivity index (χ0n) is 21.0. The van der Waals surface area contributed by atoms with E-state index in [4.69, 9.17) is 18.9 Å². The van der Waals surface area contributed by atoms with E-state index in [1.54, 1.807) is 13.8 Å². The van der Waals surface area contributed by atoms with E-state index in [0.717, 1.165) is 20.8 Å². The summed E-state index contributed by atoms with van der Waals surface area (Å²) in [5.74, 6) is -4.95. The molecule has 0 aromatic carbocycles. The van der Waals surface area contributed by atoms with Crippen molar-refractivity contribution in [3.8, 4) is 0 Å². The third kappa shape index (κ3) is 4.03. The lowest BCUT2D eigenvalue weighted by molar-refractivity contribution is -0.213. The van der Waals surface area contributed by atoms with Gasteiger partial charge in [0.25, 0.3) is 0 Å². The van der Waals surface area contributed by atoms with Gasteiger partial charge in [0.05, 0.1) is 11.8 Å². The van der Waals surface area contributed by atoms with Gasteiger partial charge in [-0.25, -0.2) is 4.79 Å². The van der Waals surface area contributed by atoms with Crippen molar-refractivity contribution in [3.63, 3.8) is 0 Å². The Kier molecular flexibility index (Phi) is 6.86. The number of hydrogen-bond donors (Lipinski definition) is 3. The van der Waals surface area contributed by atoms with Gasteiger partial charge in [-0.05, 0) is 38.3 Å². The molecule has 35 heavy (non-hydrogen) atoms. The standard InChI is InChI=1S/C24H34O11/c1-8-10(2)20(28)33-14-9-22(6,35-13(5)26)16-15(11(3)17(27)18(16)32-12(4)25)19-24(14,31)23(7,30)21(29)34-19/h10,14,16-19,27,30-31H,8-9H2,1-7H3/t10-,14-,16?,17?,18-,19-,22-,23+,24+/m0/s1. The van der Waals surface area contributed by atoms with Crippen LogP contribution < -0.4 is 0 Å². The van der Waals surface area contributed by atoms with Crippen LogP contribution in [0.4, 0.5) is 0 Å². The Morgan fingerprint density at radius 2 is 1.74 bits per heavy atom. The molecule has 0 radical (unpaired) electrons. The summed E-state index contributed by atoms with van der Waals surface area (Å²) in [5.41, 5.74) is -6.30. The van der Waals surface area contributed by atoms with Crippen LogP contribution in [0.1, 0.15) is 61.3 Å². The molecule has 1 heterocycles. The van der Waals surface area contributed by atoms with Crippen LogP contribution in [-0.4, -0.2) is 80.4 Å². The van der Waals surface area contributed by atoms with Crippen LogP contribution in [-0.2, 0) is 38.1 Å². The second-order valence-electron chi connectivity index (χ2n) is 10.2. The number of ether oxygens (including phenoxy) is 4. The average Bonchev–Trinajstić information content (AvgIpc) is 3.05. The molecule has 1 aliphatic heterocycles. The summed E-state index contributed by atoms with van der Waals surface area (Å²) >= 11 is 0. The van der Waals surface area contributed by atoms with Gasteiger partial charge in [-0.2, -0.15) is 0 Å². The minimum atomic E-state index is -2.53. The maximum absolute atomic E-state index is 12.8. The van der Waals surface area contributed by atoms with Crippen LogP contribution in [0.3, 0.4) is 0 Å². The van der Waals surface area contributed by atoms with Crippen LogP contribution >= 0.6 is 0 Å². The number of carbonyl (C=O) groups is 4. The Bertz CT molecular complexity index is 969. The third-order valence-electron chi connectivity index (χ3n) is 7.65.